The fraction of sp³-hybridized carbons (Fsp3) is 0. The molecule has 3 nitrogen and oxygen atoms in total. The molecule has 0 aliphatic carbocycles. The van der Waals surface area contributed by atoms with Gasteiger partial charge in [0, 0.05) is 15.8 Å². The highest BCUT2D eigenvalue weighted by molar-refractivity contribution is 9.10. The van der Waals surface area contributed by atoms with E-state index in [0.717, 1.165) is 15.8 Å². The molecule has 84 valence electrons. The summed E-state index contributed by atoms with van der Waals surface area (Å²) in [7, 11) is 0. The van der Waals surface area contributed by atoms with Crippen molar-refractivity contribution in [2.75, 3.05) is 11.1 Å². The van der Waals surface area contributed by atoms with Crippen molar-refractivity contribution in [2.45, 2.75) is 0 Å². The molecule has 0 spiro atoms. The van der Waals surface area contributed by atoms with Crippen LogP contribution in [0.4, 0.5) is 17.1 Å². The summed E-state index contributed by atoms with van der Waals surface area (Å²) in [5.74, 6) is 0. The Balaban J connectivity index is 2.34. The molecule has 0 unspecified atom stereocenters. The van der Waals surface area contributed by atoms with Gasteiger partial charge in [0.15, 0.2) is 0 Å². The molecule has 0 amide bonds. The van der Waals surface area contributed by atoms with Gasteiger partial charge in [-0.3, -0.25) is 0 Å². The normalized spacial score (nSPS) is 9.65. The largest absolute Gasteiger partial charge is 0.399 e. The first-order valence-corrected chi connectivity index (χ1v) is 5.80. The zero-order valence-corrected chi connectivity index (χ0v) is 10.5. The number of nitrogen functional groups attached to an aromatic ring is 1. The first-order chi connectivity index (χ1) is 8.19. The van der Waals surface area contributed by atoms with Gasteiger partial charge >= 0.3 is 0 Å². The second-order valence-corrected chi connectivity index (χ2v) is 4.47. The summed E-state index contributed by atoms with van der Waals surface area (Å²) in [6, 6.07) is 15.1. The van der Waals surface area contributed by atoms with Crippen molar-refractivity contribution < 1.29 is 0 Å². The third kappa shape index (κ3) is 2.77. The number of halogens is 1. The quantitative estimate of drug-likeness (QED) is 0.829. The minimum atomic E-state index is 0.585. The van der Waals surface area contributed by atoms with Gasteiger partial charge in [-0.05, 0) is 36.4 Å². The van der Waals surface area contributed by atoms with Crippen LogP contribution in [0, 0.1) is 11.3 Å². The van der Waals surface area contributed by atoms with Crippen LogP contribution < -0.4 is 11.1 Å². The maximum Gasteiger partial charge on any atom is 0.101 e. The van der Waals surface area contributed by atoms with Crippen LogP contribution in [0.25, 0.3) is 0 Å². The lowest BCUT2D eigenvalue weighted by atomic mass is 10.2. The molecule has 0 saturated heterocycles. The van der Waals surface area contributed by atoms with Crippen LogP contribution in [0.3, 0.4) is 0 Å². The monoisotopic (exact) mass is 287 g/mol. The highest BCUT2D eigenvalue weighted by atomic mass is 79.9. The molecule has 0 radical (unpaired) electrons. The highest BCUT2D eigenvalue weighted by Crippen LogP contribution is 2.24. The summed E-state index contributed by atoms with van der Waals surface area (Å²) < 4.78 is 0.882. The van der Waals surface area contributed by atoms with Crippen molar-refractivity contribution >= 4 is 33.0 Å². The zero-order valence-electron chi connectivity index (χ0n) is 8.94. The van der Waals surface area contributed by atoms with E-state index >= 15 is 0 Å². The number of hydrogen-bond acceptors (Lipinski definition) is 3. The summed E-state index contributed by atoms with van der Waals surface area (Å²) >= 11 is 3.34. The van der Waals surface area contributed by atoms with Crippen molar-refractivity contribution in [2.24, 2.45) is 0 Å². The number of nitrogens with two attached hydrogens (primary N) is 1. The average Bonchev–Trinajstić information content (AvgIpc) is 2.31. The molecule has 0 fully saturated rings. The molecule has 2 aromatic rings. The number of hydrogen-bond donors (Lipinski definition) is 2. The van der Waals surface area contributed by atoms with Gasteiger partial charge in [-0.2, -0.15) is 5.26 Å². The third-order valence-corrected chi connectivity index (χ3v) is 2.76. The number of nitriles is 1. The van der Waals surface area contributed by atoms with Crippen LogP contribution in [0.2, 0.25) is 0 Å². The lowest BCUT2D eigenvalue weighted by Gasteiger charge is -2.09. The smallest absolute Gasteiger partial charge is 0.101 e. The van der Waals surface area contributed by atoms with Gasteiger partial charge in [0.25, 0.3) is 0 Å². The molecule has 4 heteroatoms. The fourth-order valence-corrected chi connectivity index (χ4v) is 1.85. The first kappa shape index (κ1) is 11.5. The summed E-state index contributed by atoms with van der Waals surface area (Å²) in [5, 5.41) is 12.2. The Bertz CT molecular complexity index is 587. The molecular formula is C13H10BrN3. The van der Waals surface area contributed by atoms with E-state index in [9.17, 15) is 0 Å². The molecule has 3 N–H and O–H groups in total. The van der Waals surface area contributed by atoms with Gasteiger partial charge in [-0.15, -0.1) is 0 Å². The van der Waals surface area contributed by atoms with E-state index in [4.69, 9.17) is 11.0 Å². The number of rotatable bonds is 2. The van der Waals surface area contributed by atoms with Gasteiger partial charge in [-0.1, -0.05) is 22.0 Å². The van der Waals surface area contributed by atoms with Gasteiger partial charge in [-0.25, -0.2) is 0 Å². The number of nitrogens with one attached hydrogen (secondary N) is 1. The van der Waals surface area contributed by atoms with Gasteiger partial charge in [0.2, 0.25) is 0 Å². The molecular weight excluding hydrogens is 278 g/mol. The molecule has 0 heterocycles. The summed E-state index contributed by atoms with van der Waals surface area (Å²) in [5.41, 5.74) is 8.59. The number of anilines is 3. The van der Waals surface area contributed by atoms with Crippen LogP contribution in [-0.2, 0) is 0 Å². The van der Waals surface area contributed by atoms with E-state index < -0.39 is 0 Å². The molecule has 2 rings (SSSR count). The van der Waals surface area contributed by atoms with E-state index in [2.05, 4.69) is 27.3 Å². The van der Waals surface area contributed by atoms with Crippen LogP contribution >= 0.6 is 15.9 Å². The zero-order chi connectivity index (χ0) is 12.3. The highest BCUT2D eigenvalue weighted by Gasteiger charge is 2.03. The van der Waals surface area contributed by atoms with Crippen LogP contribution in [0.1, 0.15) is 5.56 Å². The second kappa shape index (κ2) is 4.89. The Morgan fingerprint density at radius 1 is 1.18 bits per heavy atom. The van der Waals surface area contributed by atoms with E-state index in [1.54, 1.807) is 6.07 Å². The second-order valence-electron chi connectivity index (χ2n) is 3.55. The Kier molecular flexibility index (Phi) is 3.31. The maximum absolute atomic E-state index is 9.04. The summed E-state index contributed by atoms with van der Waals surface area (Å²) in [6.07, 6.45) is 0. The van der Waals surface area contributed by atoms with Crippen molar-refractivity contribution in [1.82, 2.24) is 0 Å². The standard InChI is InChI=1S/C13H10BrN3/c14-10-4-5-13(9(6-10)8-15)17-12-3-1-2-11(16)7-12/h1-7,17H,16H2. The molecule has 0 aromatic heterocycles. The molecule has 0 aliphatic rings. The first-order valence-electron chi connectivity index (χ1n) is 5.01. The van der Waals surface area contributed by atoms with Crippen LogP contribution in [-0.4, -0.2) is 0 Å². The Labute approximate surface area is 108 Å². The van der Waals surface area contributed by atoms with Gasteiger partial charge < -0.3 is 11.1 Å². The van der Waals surface area contributed by atoms with E-state index in [1.807, 2.05) is 36.4 Å². The minimum Gasteiger partial charge on any atom is -0.399 e. The SMILES string of the molecule is N#Cc1cc(Br)ccc1Nc1cccc(N)c1. The molecule has 0 atom stereocenters. The molecule has 0 bridgehead atoms. The third-order valence-electron chi connectivity index (χ3n) is 2.27. The maximum atomic E-state index is 9.04. The Morgan fingerprint density at radius 3 is 2.71 bits per heavy atom. The number of nitrogens with zero attached hydrogens (tertiary/aromatic N) is 1. The van der Waals surface area contributed by atoms with Gasteiger partial charge in [0.05, 0.1) is 11.3 Å². The van der Waals surface area contributed by atoms with Crippen molar-refractivity contribution in [3.05, 3.63) is 52.5 Å². The lowest BCUT2D eigenvalue weighted by molar-refractivity contribution is 1.45. The van der Waals surface area contributed by atoms with Crippen molar-refractivity contribution in [1.29, 1.82) is 5.26 Å². The predicted octanol–water partition coefficient (Wildman–Crippen LogP) is 3.65. The average molecular weight is 288 g/mol. The molecule has 2 aromatic carbocycles. The summed E-state index contributed by atoms with van der Waals surface area (Å²) in [6.45, 7) is 0. The Hall–Kier alpha value is -1.99. The van der Waals surface area contributed by atoms with Crippen molar-refractivity contribution in [3.8, 4) is 6.07 Å². The van der Waals surface area contributed by atoms with Crippen LogP contribution in [0.15, 0.2) is 46.9 Å². The molecule has 0 aliphatic heterocycles. The van der Waals surface area contributed by atoms with Gasteiger partial charge in [0.1, 0.15) is 6.07 Å². The topological polar surface area (TPSA) is 61.8 Å². The predicted molar refractivity (Wildman–Crippen MR) is 73.0 cm³/mol. The molecule has 0 saturated carbocycles. The van der Waals surface area contributed by atoms with E-state index in [0.29, 0.717) is 11.3 Å². The fourth-order valence-electron chi connectivity index (χ4n) is 1.49. The lowest BCUT2D eigenvalue weighted by Crippen LogP contribution is -1.94. The minimum absolute atomic E-state index is 0.585. The van der Waals surface area contributed by atoms with Crippen LogP contribution in [0.5, 0.6) is 0 Å². The van der Waals surface area contributed by atoms with E-state index in [-0.39, 0.29) is 0 Å². The number of benzene rings is 2. The molecule has 17 heavy (non-hydrogen) atoms. The Morgan fingerprint density at radius 2 is 2.00 bits per heavy atom. The summed E-state index contributed by atoms with van der Waals surface area (Å²) in [4.78, 5) is 0. The van der Waals surface area contributed by atoms with Crippen molar-refractivity contribution in [3.63, 3.8) is 0 Å². The van der Waals surface area contributed by atoms with E-state index in [1.165, 1.54) is 0 Å².